The molecule has 0 aromatic rings. The zero-order valence-electron chi connectivity index (χ0n) is 10.6. The number of nitrogens with zero attached hydrogens (tertiary/aromatic N) is 1. The lowest BCUT2D eigenvalue weighted by molar-refractivity contribution is 0.165. The fraction of sp³-hybridized carbons (Fsp3) is 0.500. The van der Waals surface area contributed by atoms with Crippen LogP contribution in [0.2, 0.25) is 0 Å². The summed E-state index contributed by atoms with van der Waals surface area (Å²) in [5.74, 6) is 2.19. The Hall–Kier alpha value is -1.12. The molecule has 2 saturated heterocycles. The molecule has 2 nitrogen and oxygen atoms in total. The predicted molar refractivity (Wildman–Crippen MR) is 73.7 cm³/mol. The normalized spacial score (nSPS) is 41.9. The van der Waals surface area contributed by atoms with Crippen LogP contribution in [0.15, 0.2) is 48.1 Å². The molecule has 2 aliphatic carbocycles. The lowest BCUT2D eigenvalue weighted by Crippen LogP contribution is -2.41. The van der Waals surface area contributed by atoms with E-state index in [0.29, 0.717) is 12.0 Å². The van der Waals surface area contributed by atoms with Gasteiger partial charge < -0.3 is 0 Å². The van der Waals surface area contributed by atoms with E-state index in [0.717, 1.165) is 18.4 Å². The number of rotatable bonds is 0. The molecule has 2 fully saturated rings. The minimum absolute atomic E-state index is 0.679. The lowest BCUT2D eigenvalue weighted by atomic mass is 9.80. The second kappa shape index (κ2) is 4.22. The van der Waals surface area contributed by atoms with Crippen molar-refractivity contribution in [1.82, 2.24) is 10.4 Å². The number of hydrazine groups is 1. The third-order valence-corrected chi connectivity index (χ3v) is 4.95. The Morgan fingerprint density at radius 1 is 1.17 bits per heavy atom. The van der Waals surface area contributed by atoms with Crippen LogP contribution in [-0.2, 0) is 0 Å². The molecule has 4 atom stereocenters. The van der Waals surface area contributed by atoms with Crippen LogP contribution in [0.1, 0.15) is 12.8 Å². The van der Waals surface area contributed by atoms with Crippen molar-refractivity contribution in [1.29, 1.82) is 0 Å². The van der Waals surface area contributed by atoms with Crippen molar-refractivity contribution in [2.75, 3.05) is 13.1 Å². The maximum Gasteiger partial charge on any atom is 0.0318 e. The lowest BCUT2D eigenvalue weighted by Gasteiger charge is -2.27. The van der Waals surface area contributed by atoms with E-state index in [1.807, 2.05) is 0 Å². The number of allylic oxidation sites excluding steroid dienone is 5. The highest BCUT2D eigenvalue weighted by Crippen LogP contribution is 2.40. The first kappa shape index (κ1) is 10.8. The molecule has 94 valence electrons. The Morgan fingerprint density at radius 3 is 3.11 bits per heavy atom. The van der Waals surface area contributed by atoms with E-state index in [-0.39, 0.29) is 0 Å². The summed E-state index contributed by atoms with van der Waals surface area (Å²) in [4.78, 5) is 0. The third kappa shape index (κ3) is 1.63. The highest BCUT2D eigenvalue weighted by molar-refractivity contribution is 5.26. The topological polar surface area (TPSA) is 15.3 Å². The zero-order valence-corrected chi connectivity index (χ0v) is 10.6. The van der Waals surface area contributed by atoms with E-state index in [1.54, 1.807) is 5.57 Å². The summed E-state index contributed by atoms with van der Waals surface area (Å²) >= 11 is 0. The molecule has 0 aromatic heterocycles. The first-order valence-electron chi connectivity index (χ1n) is 7.12. The Kier molecular flexibility index (Phi) is 2.52. The largest absolute Gasteiger partial charge is 0.251 e. The van der Waals surface area contributed by atoms with Gasteiger partial charge in [-0.15, -0.1) is 0 Å². The summed E-state index contributed by atoms with van der Waals surface area (Å²) in [6.45, 7) is 2.21. The van der Waals surface area contributed by atoms with Crippen LogP contribution in [0.25, 0.3) is 0 Å². The standard InChI is InChI=1S/C16H20N2/c1-2-6-13-10-17-18-11-14-7-3-4-8-15(14)16(18)9-12(13)5-1/h1-4,6-8,12,14-17H,5,9-11H2. The second-order valence-corrected chi connectivity index (χ2v) is 5.90. The van der Waals surface area contributed by atoms with Crippen LogP contribution in [0.4, 0.5) is 0 Å². The molecule has 4 unspecified atom stereocenters. The molecule has 0 aromatic carbocycles. The van der Waals surface area contributed by atoms with Crippen molar-refractivity contribution in [3.05, 3.63) is 48.1 Å². The molecule has 2 heteroatoms. The molecule has 0 amide bonds. The van der Waals surface area contributed by atoms with E-state index in [9.17, 15) is 0 Å². The fourth-order valence-electron chi connectivity index (χ4n) is 3.96. The highest BCUT2D eigenvalue weighted by atomic mass is 15.5. The molecule has 4 rings (SSSR count). The predicted octanol–water partition coefficient (Wildman–Crippen LogP) is 2.44. The summed E-state index contributed by atoms with van der Waals surface area (Å²) in [7, 11) is 0. The van der Waals surface area contributed by atoms with Gasteiger partial charge in [-0.3, -0.25) is 5.43 Å². The average Bonchev–Trinajstić information content (AvgIpc) is 2.65. The van der Waals surface area contributed by atoms with E-state index in [4.69, 9.17) is 0 Å². The van der Waals surface area contributed by atoms with Crippen molar-refractivity contribution in [2.45, 2.75) is 18.9 Å². The molecule has 0 bridgehead atoms. The maximum absolute atomic E-state index is 3.66. The molecule has 0 spiro atoms. The quantitative estimate of drug-likeness (QED) is 0.699. The van der Waals surface area contributed by atoms with Crippen molar-refractivity contribution in [3.8, 4) is 0 Å². The second-order valence-electron chi connectivity index (χ2n) is 5.90. The Bertz CT molecular complexity index is 458. The van der Waals surface area contributed by atoms with Gasteiger partial charge in [-0.2, -0.15) is 0 Å². The van der Waals surface area contributed by atoms with Crippen molar-refractivity contribution in [2.24, 2.45) is 17.8 Å². The molecule has 18 heavy (non-hydrogen) atoms. The van der Waals surface area contributed by atoms with Gasteiger partial charge in [0.1, 0.15) is 0 Å². The van der Waals surface area contributed by atoms with Crippen LogP contribution >= 0.6 is 0 Å². The monoisotopic (exact) mass is 240 g/mol. The van der Waals surface area contributed by atoms with E-state index in [1.165, 1.54) is 19.4 Å². The number of nitrogens with one attached hydrogen (secondary N) is 1. The number of fused-ring (bicyclic) bond motifs is 4. The van der Waals surface area contributed by atoms with Gasteiger partial charge in [-0.1, -0.05) is 48.1 Å². The Balaban J connectivity index is 1.61. The molecular weight excluding hydrogens is 220 g/mol. The van der Waals surface area contributed by atoms with Crippen LogP contribution in [0.5, 0.6) is 0 Å². The van der Waals surface area contributed by atoms with Crippen LogP contribution in [-0.4, -0.2) is 24.1 Å². The third-order valence-electron chi connectivity index (χ3n) is 4.95. The summed E-state index contributed by atoms with van der Waals surface area (Å²) in [5.41, 5.74) is 5.26. The SMILES string of the molecule is C1=CCC2CC3C4C=CC=CC4CN3NCC2=C1. The van der Waals surface area contributed by atoms with Crippen molar-refractivity contribution >= 4 is 0 Å². The van der Waals surface area contributed by atoms with Crippen LogP contribution in [0.3, 0.4) is 0 Å². The van der Waals surface area contributed by atoms with Crippen molar-refractivity contribution in [3.63, 3.8) is 0 Å². The highest BCUT2D eigenvalue weighted by Gasteiger charge is 2.42. The van der Waals surface area contributed by atoms with Crippen LogP contribution in [0, 0.1) is 17.8 Å². The molecule has 1 N–H and O–H groups in total. The van der Waals surface area contributed by atoms with Gasteiger partial charge in [0.05, 0.1) is 0 Å². The summed E-state index contributed by atoms with van der Waals surface area (Å²) in [5, 5.41) is 2.51. The average molecular weight is 240 g/mol. The Labute approximate surface area is 109 Å². The molecule has 2 aliphatic heterocycles. The minimum atomic E-state index is 0.679. The van der Waals surface area contributed by atoms with Gasteiger partial charge in [-0.05, 0) is 24.7 Å². The van der Waals surface area contributed by atoms with Gasteiger partial charge in [0.2, 0.25) is 0 Å². The smallest absolute Gasteiger partial charge is 0.0318 e. The fourth-order valence-corrected chi connectivity index (χ4v) is 3.96. The van der Waals surface area contributed by atoms with Crippen LogP contribution < -0.4 is 5.43 Å². The summed E-state index contributed by atoms with van der Waals surface area (Å²) in [6.07, 6.45) is 18.6. The van der Waals surface area contributed by atoms with E-state index >= 15 is 0 Å². The van der Waals surface area contributed by atoms with E-state index < -0.39 is 0 Å². The molecule has 4 aliphatic rings. The molecule has 0 radical (unpaired) electrons. The van der Waals surface area contributed by atoms with E-state index in [2.05, 4.69) is 53.0 Å². The first-order chi connectivity index (χ1) is 8.92. The summed E-state index contributed by atoms with van der Waals surface area (Å²) < 4.78 is 0. The number of hydrogen-bond acceptors (Lipinski definition) is 2. The first-order valence-corrected chi connectivity index (χ1v) is 7.12. The Morgan fingerprint density at radius 2 is 2.11 bits per heavy atom. The van der Waals surface area contributed by atoms with Crippen molar-refractivity contribution < 1.29 is 0 Å². The molecule has 0 saturated carbocycles. The van der Waals surface area contributed by atoms with Gasteiger partial charge in [0.15, 0.2) is 0 Å². The van der Waals surface area contributed by atoms with Gasteiger partial charge in [0, 0.05) is 25.0 Å². The van der Waals surface area contributed by atoms with Gasteiger partial charge >= 0.3 is 0 Å². The summed E-state index contributed by atoms with van der Waals surface area (Å²) in [6, 6.07) is 0.679. The molecule has 2 heterocycles. The van der Waals surface area contributed by atoms with Gasteiger partial charge in [0.25, 0.3) is 0 Å². The van der Waals surface area contributed by atoms with Gasteiger partial charge in [-0.25, -0.2) is 5.01 Å². The molecular formula is C16H20N2. The maximum atomic E-state index is 3.66. The zero-order chi connectivity index (χ0) is 11.9. The number of hydrogen-bond donors (Lipinski definition) is 1. The minimum Gasteiger partial charge on any atom is -0.251 e.